The maximum absolute atomic E-state index is 12.2. The largest absolute Gasteiger partial charge is 0.345 e. The number of imidazole rings is 1. The molecule has 0 unspecified atom stereocenters. The molecule has 3 aromatic rings. The lowest BCUT2D eigenvalue weighted by Gasteiger charge is -2.07. The van der Waals surface area contributed by atoms with Crippen LogP contribution in [0.5, 0.6) is 0 Å². The molecule has 0 aliphatic heterocycles. The summed E-state index contributed by atoms with van der Waals surface area (Å²) in [6, 6.07) is 6.91. The van der Waals surface area contributed by atoms with Crippen LogP contribution in [0.4, 0.5) is 5.69 Å². The number of nitrogens with one attached hydrogen (secondary N) is 2. The van der Waals surface area contributed by atoms with E-state index in [1.54, 1.807) is 36.8 Å². The van der Waals surface area contributed by atoms with Crippen molar-refractivity contribution in [2.45, 2.75) is 0 Å². The van der Waals surface area contributed by atoms with E-state index in [0.717, 1.165) is 15.5 Å². The molecule has 0 aliphatic rings. The normalized spacial score (nSPS) is 10.7. The topological polar surface area (TPSA) is 70.7 Å². The van der Waals surface area contributed by atoms with Crippen LogP contribution in [0.2, 0.25) is 5.15 Å². The molecule has 3 rings (SSSR count). The van der Waals surface area contributed by atoms with Crippen LogP contribution in [-0.4, -0.2) is 20.9 Å². The van der Waals surface area contributed by atoms with Gasteiger partial charge in [0, 0.05) is 16.2 Å². The second-order valence-electron chi connectivity index (χ2n) is 4.08. The lowest BCUT2D eigenvalue weighted by Crippen LogP contribution is -2.12. The van der Waals surface area contributed by atoms with Crippen molar-refractivity contribution in [3.05, 3.63) is 52.0 Å². The van der Waals surface area contributed by atoms with Crippen LogP contribution in [0.3, 0.4) is 0 Å². The molecule has 1 aromatic carbocycles. The van der Waals surface area contributed by atoms with Crippen molar-refractivity contribution >= 4 is 50.2 Å². The van der Waals surface area contributed by atoms with Crippen molar-refractivity contribution in [2.24, 2.45) is 0 Å². The van der Waals surface area contributed by atoms with E-state index in [1.807, 2.05) is 0 Å². The molecule has 5 nitrogen and oxygen atoms in total. The number of rotatable bonds is 2. The molecule has 0 aliphatic carbocycles. The summed E-state index contributed by atoms with van der Waals surface area (Å²) in [5, 5.41) is 2.97. The van der Waals surface area contributed by atoms with Gasteiger partial charge in [-0.25, -0.2) is 9.97 Å². The number of halogens is 2. The van der Waals surface area contributed by atoms with Crippen LogP contribution in [0.1, 0.15) is 10.4 Å². The second-order valence-corrected chi connectivity index (χ2v) is 5.35. The third kappa shape index (κ3) is 2.52. The van der Waals surface area contributed by atoms with Crippen molar-refractivity contribution in [2.75, 3.05) is 5.32 Å². The Morgan fingerprint density at radius 3 is 3.00 bits per heavy atom. The summed E-state index contributed by atoms with van der Waals surface area (Å²) in [6.07, 6.45) is 3.15. The Hall–Kier alpha value is -1.92. The molecule has 100 valence electrons. The average molecular weight is 352 g/mol. The SMILES string of the molecule is O=C(Nc1cc(Br)cnc1Cl)c1ccc2nc[nH]c2c1. The number of carbonyl (C=O) groups excluding carboxylic acids is 1. The van der Waals surface area contributed by atoms with Crippen molar-refractivity contribution in [1.82, 2.24) is 15.0 Å². The molecule has 2 N–H and O–H groups in total. The Kier molecular flexibility index (Phi) is 3.42. The third-order valence-corrected chi connectivity index (χ3v) is 3.47. The Morgan fingerprint density at radius 1 is 1.30 bits per heavy atom. The quantitative estimate of drug-likeness (QED) is 0.693. The molecule has 2 heterocycles. The highest BCUT2D eigenvalue weighted by Crippen LogP contribution is 2.23. The van der Waals surface area contributed by atoms with E-state index in [2.05, 4.69) is 36.2 Å². The van der Waals surface area contributed by atoms with Crippen molar-refractivity contribution in [3.63, 3.8) is 0 Å². The van der Waals surface area contributed by atoms with Crippen molar-refractivity contribution in [3.8, 4) is 0 Å². The number of benzene rings is 1. The first kappa shape index (κ1) is 13.1. The van der Waals surface area contributed by atoms with E-state index >= 15 is 0 Å². The minimum Gasteiger partial charge on any atom is -0.345 e. The van der Waals surface area contributed by atoms with Gasteiger partial charge in [0.15, 0.2) is 5.15 Å². The van der Waals surface area contributed by atoms with Gasteiger partial charge in [0.2, 0.25) is 0 Å². The maximum Gasteiger partial charge on any atom is 0.255 e. The summed E-state index contributed by atoms with van der Waals surface area (Å²) in [7, 11) is 0. The molecule has 0 radical (unpaired) electrons. The molecule has 2 aromatic heterocycles. The number of hydrogen-bond donors (Lipinski definition) is 2. The number of hydrogen-bond acceptors (Lipinski definition) is 3. The van der Waals surface area contributed by atoms with E-state index in [9.17, 15) is 4.79 Å². The number of aromatic amines is 1. The zero-order valence-electron chi connectivity index (χ0n) is 10.0. The molecule has 1 amide bonds. The van der Waals surface area contributed by atoms with Gasteiger partial charge in [-0.05, 0) is 40.2 Å². The zero-order chi connectivity index (χ0) is 14.1. The summed E-state index contributed by atoms with van der Waals surface area (Å²) in [6.45, 7) is 0. The summed E-state index contributed by atoms with van der Waals surface area (Å²) in [5.74, 6) is -0.261. The van der Waals surface area contributed by atoms with Gasteiger partial charge >= 0.3 is 0 Å². The standard InChI is InChI=1S/C13H8BrClN4O/c14-8-4-11(12(15)16-5-8)19-13(20)7-1-2-9-10(3-7)18-6-17-9/h1-6H,(H,17,18)(H,19,20). The monoisotopic (exact) mass is 350 g/mol. The number of pyridine rings is 1. The van der Waals surface area contributed by atoms with Crippen LogP contribution in [0.15, 0.2) is 41.3 Å². The van der Waals surface area contributed by atoms with Crippen molar-refractivity contribution < 1.29 is 4.79 Å². The lowest BCUT2D eigenvalue weighted by molar-refractivity contribution is 0.102. The van der Waals surface area contributed by atoms with E-state index in [0.29, 0.717) is 11.3 Å². The molecule has 20 heavy (non-hydrogen) atoms. The number of H-pyrrole nitrogens is 1. The summed E-state index contributed by atoms with van der Waals surface area (Å²) in [4.78, 5) is 23.2. The maximum atomic E-state index is 12.2. The van der Waals surface area contributed by atoms with Gasteiger partial charge in [-0.3, -0.25) is 4.79 Å². The summed E-state index contributed by atoms with van der Waals surface area (Å²) < 4.78 is 0.737. The van der Waals surface area contributed by atoms with Crippen LogP contribution in [0.25, 0.3) is 11.0 Å². The average Bonchev–Trinajstić information content (AvgIpc) is 2.90. The van der Waals surface area contributed by atoms with Gasteiger partial charge in [-0.1, -0.05) is 11.6 Å². The van der Waals surface area contributed by atoms with Crippen LogP contribution in [0, 0.1) is 0 Å². The van der Waals surface area contributed by atoms with Crippen LogP contribution >= 0.6 is 27.5 Å². The van der Waals surface area contributed by atoms with E-state index in [1.165, 1.54) is 0 Å². The summed E-state index contributed by atoms with van der Waals surface area (Å²) in [5.41, 5.74) is 2.58. The van der Waals surface area contributed by atoms with Gasteiger partial charge in [-0.15, -0.1) is 0 Å². The van der Waals surface area contributed by atoms with Crippen LogP contribution < -0.4 is 5.32 Å². The van der Waals surface area contributed by atoms with Gasteiger partial charge in [-0.2, -0.15) is 0 Å². The Balaban J connectivity index is 1.90. The molecule has 0 spiro atoms. The Bertz CT molecular complexity index is 802. The van der Waals surface area contributed by atoms with E-state index in [4.69, 9.17) is 11.6 Å². The number of nitrogens with zero attached hydrogens (tertiary/aromatic N) is 2. The highest BCUT2D eigenvalue weighted by atomic mass is 79.9. The summed E-state index contributed by atoms with van der Waals surface area (Å²) >= 11 is 9.23. The van der Waals surface area contributed by atoms with Gasteiger partial charge in [0.05, 0.1) is 23.0 Å². The molecule has 0 fully saturated rings. The first-order valence-electron chi connectivity index (χ1n) is 5.69. The number of aromatic nitrogens is 3. The molecule has 7 heteroatoms. The van der Waals surface area contributed by atoms with E-state index in [-0.39, 0.29) is 11.1 Å². The minimum atomic E-state index is -0.261. The number of anilines is 1. The first-order chi connectivity index (χ1) is 9.63. The van der Waals surface area contributed by atoms with Gasteiger partial charge in [0.1, 0.15) is 0 Å². The first-order valence-corrected chi connectivity index (χ1v) is 6.86. The molecular weight excluding hydrogens is 344 g/mol. The second kappa shape index (κ2) is 5.22. The minimum absolute atomic E-state index is 0.240. The fourth-order valence-electron chi connectivity index (χ4n) is 1.78. The number of carbonyl (C=O) groups is 1. The molecule has 0 saturated heterocycles. The lowest BCUT2D eigenvalue weighted by atomic mass is 10.2. The molecular formula is C13H8BrClN4O. The highest BCUT2D eigenvalue weighted by molar-refractivity contribution is 9.10. The number of amides is 1. The fourth-order valence-corrected chi connectivity index (χ4v) is 2.26. The predicted octanol–water partition coefficient (Wildman–Crippen LogP) is 3.63. The molecule has 0 saturated carbocycles. The molecule has 0 atom stereocenters. The Morgan fingerprint density at radius 2 is 2.15 bits per heavy atom. The van der Waals surface area contributed by atoms with Crippen molar-refractivity contribution in [1.29, 1.82) is 0 Å². The third-order valence-electron chi connectivity index (χ3n) is 2.74. The molecule has 0 bridgehead atoms. The van der Waals surface area contributed by atoms with Gasteiger partial charge < -0.3 is 10.3 Å². The van der Waals surface area contributed by atoms with Crippen LogP contribution in [-0.2, 0) is 0 Å². The highest BCUT2D eigenvalue weighted by Gasteiger charge is 2.10. The van der Waals surface area contributed by atoms with Gasteiger partial charge in [0.25, 0.3) is 5.91 Å². The number of fused-ring (bicyclic) bond motifs is 1. The smallest absolute Gasteiger partial charge is 0.255 e. The predicted molar refractivity (Wildman–Crippen MR) is 81.0 cm³/mol. The fraction of sp³-hybridized carbons (Fsp3) is 0. The Labute approximate surface area is 127 Å². The zero-order valence-corrected chi connectivity index (χ0v) is 12.4. The van der Waals surface area contributed by atoms with E-state index < -0.39 is 0 Å².